The van der Waals surface area contributed by atoms with E-state index in [4.69, 9.17) is 9.05 Å². The van der Waals surface area contributed by atoms with E-state index in [0.717, 1.165) is 16.0 Å². The highest BCUT2D eigenvalue weighted by atomic mass is 32.1. The van der Waals surface area contributed by atoms with E-state index < -0.39 is 5.76 Å². The molecule has 0 aliphatic heterocycles. The average molecular weight is 340 g/mol. The summed E-state index contributed by atoms with van der Waals surface area (Å²) in [6, 6.07) is 11.5. The van der Waals surface area contributed by atoms with Gasteiger partial charge < -0.3 is 4.52 Å². The summed E-state index contributed by atoms with van der Waals surface area (Å²) >= 11 is 1.47. The molecule has 0 bridgehead atoms. The number of aromatic nitrogens is 4. The summed E-state index contributed by atoms with van der Waals surface area (Å²) in [5, 5.41) is 9.68. The minimum Gasteiger partial charge on any atom is -0.334 e. The maximum absolute atomic E-state index is 11.9. The van der Waals surface area contributed by atoms with Gasteiger partial charge in [-0.05, 0) is 30.5 Å². The standard InChI is InChI=1S/C16H12N4O3S/c1-10-4-6-11(7-5-10)15-17-13(18-22-15)9-20-14(19-23-16(20)21)12-3-2-8-24-12/h2-8H,9H2,1H3. The van der Waals surface area contributed by atoms with Crippen molar-refractivity contribution in [3.8, 4) is 22.2 Å². The lowest BCUT2D eigenvalue weighted by molar-refractivity contribution is 0.376. The molecule has 24 heavy (non-hydrogen) atoms. The third kappa shape index (κ3) is 2.67. The van der Waals surface area contributed by atoms with Crippen LogP contribution in [0.3, 0.4) is 0 Å². The minimum atomic E-state index is -0.555. The lowest BCUT2D eigenvalue weighted by Crippen LogP contribution is -2.16. The first kappa shape index (κ1) is 14.6. The summed E-state index contributed by atoms with van der Waals surface area (Å²) < 4.78 is 11.4. The molecular formula is C16H12N4O3S. The number of hydrogen-bond acceptors (Lipinski definition) is 7. The van der Waals surface area contributed by atoms with Crippen LogP contribution in [0.25, 0.3) is 22.2 Å². The molecule has 0 saturated heterocycles. The van der Waals surface area contributed by atoms with Crippen LogP contribution < -0.4 is 5.76 Å². The summed E-state index contributed by atoms with van der Waals surface area (Å²) in [4.78, 5) is 17.1. The molecule has 0 aliphatic rings. The van der Waals surface area contributed by atoms with Crippen molar-refractivity contribution < 1.29 is 9.05 Å². The maximum atomic E-state index is 11.9. The maximum Gasteiger partial charge on any atom is 0.442 e. The van der Waals surface area contributed by atoms with Gasteiger partial charge >= 0.3 is 5.76 Å². The number of benzene rings is 1. The molecule has 0 fully saturated rings. The second-order valence-electron chi connectivity index (χ2n) is 5.22. The van der Waals surface area contributed by atoms with E-state index in [2.05, 4.69) is 15.3 Å². The lowest BCUT2D eigenvalue weighted by Gasteiger charge is -1.98. The molecule has 7 nitrogen and oxygen atoms in total. The zero-order chi connectivity index (χ0) is 16.5. The van der Waals surface area contributed by atoms with Crippen molar-refractivity contribution in [1.29, 1.82) is 0 Å². The Labute approximate surface area is 140 Å². The van der Waals surface area contributed by atoms with Gasteiger partial charge in [0.15, 0.2) is 11.6 Å². The van der Waals surface area contributed by atoms with Crippen molar-refractivity contribution in [3.63, 3.8) is 0 Å². The molecule has 0 radical (unpaired) electrons. The predicted octanol–water partition coefficient (Wildman–Crippen LogP) is 2.97. The van der Waals surface area contributed by atoms with Gasteiger partial charge in [-0.1, -0.05) is 34.1 Å². The van der Waals surface area contributed by atoms with Gasteiger partial charge in [-0.2, -0.15) is 4.98 Å². The number of nitrogens with zero attached hydrogens (tertiary/aromatic N) is 4. The fourth-order valence-electron chi connectivity index (χ4n) is 2.26. The molecule has 0 unspecified atom stereocenters. The topological polar surface area (TPSA) is 87.0 Å². The number of hydrogen-bond donors (Lipinski definition) is 0. The smallest absolute Gasteiger partial charge is 0.334 e. The van der Waals surface area contributed by atoms with Gasteiger partial charge in [-0.15, -0.1) is 11.3 Å². The number of rotatable bonds is 4. The molecule has 0 atom stereocenters. The quantitative estimate of drug-likeness (QED) is 0.567. The van der Waals surface area contributed by atoms with E-state index in [-0.39, 0.29) is 6.54 Å². The molecule has 0 spiro atoms. The van der Waals surface area contributed by atoms with Crippen LogP contribution in [0.4, 0.5) is 0 Å². The second kappa shape index (κ2) is 5.89. The van der Waals surface area contributed by atoms with Gasteiger partial charge in [0, 0.05) is 5.56 Å². The first-order valence-electron chi connectivity index (χ1n) is 7.21. The van der Waals surface area contributed by atoms with E-state index in [1.165, 1.54) is 15.9 Å². The highest BCUT2D eigenvalue weighted by molar-refractivity contribution is 7.13. The molecule has 120 valence electrons. The highest BCUT2D eigenvalue weighted by Crippen LogP contribution is 2.22. The molecule has 4 rings (SSSR count). The number of thiophene rings is 1. The van der Waals surface area contributed by atoms with E-state index in [9.17, 15) is 4.79 Å². The predicted molar refractivity (Wildman–Crippen MR) is 87.6 cm³/mol. The van der Waals surface area contributed by atoms with Gasteiger partial charge in [-0.25, -0.2) is 9.36 Å². The molecule has 4 aromatic rings. The molecule has 3 heterocycles. The van der Waals surface area contributed by atoms with Crippen molar-refractivity contribution >= 4 is 11.3 Å². The van der Waals surface area contributed by atoms with E-state index >= 15 is 0 Å². The molecule has 0 amide bonds. The average Bonchev–Trinajstić information content (AvgIpc) is 3.31. The molecule has 0 N–H and O–H groups in total. The van der Waals surface area contributed by atoms with Crippen molar-refractivity contribution in [2.75, 3.05) is 0 Å². The largest absolute Gasteiger partial charge is 0.442 e. The zero-order valence-corrected chi connectivity index (χ0v) is 13.5. The fraction of sp³-hybridized carbons (Fsp3) is 0.125. The molecule has 0 saturated carbocycles. The minimum absolute atomic E-state index is 0.130. The Morgan fingerprint density at radius 2 is 1.96 bits per heavy atom. The lowest BCUT2D eigenvalue weighted by atomic mass is 10.1. The Bertz CT molecular complexity index is 1010. The van der Waals surface area contributed by atoms with E-state index in [0.29, 0.717) is 17.5 Å². The van der Waals surface area contributed by atoms with E-state index in [1.54, 1.807) is 0 Å². The Morgan fingerprint density at radius 1 is 1.12 bits per heavy atom. The molecule has 0 aliphatic carbocycles. The van der Waals surface area contributed by atoms with Crippen LogP contribution in [0.1, 0.15) is 11.4 Å². The third-order valence-corrected chi connectivity index (χ3v) is 4.36. The Hall–Kier alpha value is -3.00. The van der Waals surface area contributed by atoms with Crippen LogP contribution in [0.5, 0.6) is 0 Å². The van der Waals surface area contributed by atoms with Crippen LogP contribution in [-0.2, 0) is 6.54 Å². The zero-order valence-electron chi connectivity index (χ0n) is 12.7. The Kier molecular flexibility index (Phi) is 3.58. The Balaban J connectivity index is 1.64. The summed E-state index contributed by atoms with van der Waals surface area (Å²) in [6.07, 6.45) is 0. The molecule has 3 aromatic heterocycles. The van der Waals surface area contributed by atoms with Crippen LogP contribution in [0.2, 0.25) is 0 Å². The third-order valence-electron chi connectivity index (χ3n) is 3.49. The van der Waals surface area contributed by atoms with Crippen LogP contribution >= 0.6 is 11.3 Å². The first-order chi connectivity index (χ1) is 11.7. The molecular weight excluding hydrogens is 328 g/mol. The van der Waals surface area contributed by atoms with Gasteiger partial charge in [0.05, 0.1) is 11.4 Å². The molecule has 8 heteroatoms. The monoisotopic (exact) mass is 340 g/mol. The summed E-state index contributed by atoms with van der Waals surface area (Å²) in [6.45, 7) is 2.14. The van der Waals surface area contributed by atoms with Crippen molar-refractivity contribution in [2.24, 2.45) is 0 Å². The van der Waals surface area contributed by atoms with Gasteiger partial charge in [0.25, 0.3) is 5.89 Å². The fourth-order valence-corrected chi connectivity index (χ4v) is 2.98. The van der Waals surface area contributed by atoms with Crippen LogP contribution in [0.15, 0.2) is 55.6 Å². The first-order valence-corrected chi connectivity index (χ1v) is 8.09. The van der Waals surface area contributed by atoms with E-state index in [1.807, 2.05) is 48.7 Å². The van der Waals surface area contributed by atoms with Gasteiger partial charge in [0.2, 0.25) is 0 Å². The summed E-state index contributed by atoms with van der Waals surface area (Å²) in [7, 11) is 0. The SMILES string of the molecule is Cc1ccc(-c2nc(Cn3c(-c4cccs4)noc3=O)no2)cc1. The highest BCUT2D eigenvalue weighted by Gasteiger charge is 2.17. The Morgan fingerprint density at radius 3 is 2.71 bits per heavy atom. The van der Waals surface area contributed by atoms with Crippen molar-refractivity contribution in [1.82, 2.24) is 19.9 Å². The molecule has 1 aromatic carbocycles. The summed E-state index contributed by atoms with van der Waals surface area (Å²) in [5.74, 6) is 0.692. The summed E-state index contributed by atoms with van der Waals surface area (Å²) in [5.41, 5.74) is 1.98. The van der Waals surface area contributed by atoms with Gasteiger partial charge in [0.1, 0.15) is 0 Å². The van der Waals surface area contributed by atoms with Crippen LogP contribution in [-0.4, -0.2) is 19.9 Å². The van der Waals surface area contributed by atoms with Crippen molar-refractivity contribution in [2.45, 2.75) is 13.5 Å². The van der Waals surface area contributed by atoms with Crippen LogP contribution in [0, 0.1) is 6.92 Å². The van der Waals surface area contributed by atoms with Gasteiger partial charge in [-0.3, -0.25) is 4.52 Å². The second-order valence-corrected chi connectivity index (χ2v) is 6.17. The normalized spacial score (nSPS) is 11.0. The van der Waals surface area contributed by atoms with Crippen molar-refractivity contribution in [3.05, 3.63) is 63.7 Å². The number of aryl methyl sites for hydroxylation is 1.